The van der Waals surface area contributed by atoms with Crippen LogP contribution in [0, 0.1) is 5.92 Å². The lowest BCUT2D eigenvalue weighted by Gasteiger charge is -2.39. The monoisotopic (exact) mass is 289 g/mol. The zero-order valence-electron chi connectivity index (χ0n) is 12.5. The van der Waals surface area contributed by atoms with Crippen LogP contribution in [0.15, 0.2) is 24.3 Å². The van der Waals surface area contributed by atoms with Crippen LogP contribution in [0.3, 0.4) is 0 Å². The second kappa shape index (κ2) is 5.68. The molecule has 4 heteroatoms. The molecule has 2 aliphatic rings. The van der Waals surface area contributed by atoms with Gasteiger partial charge in [0.15, 0.2) is 0 Å². The summed E-state index contributed by atoms with van der Waals surface area (Å²) in [5, 5.41) is 9.54. The molecule has 0 aliphatic carbocycles. The summed E-state index contributed by atoms with van der Waals surface area (Å²) in [7, 11) is 0. The van der Waals surface area contributed by atoms with E-state index in [-0.39, 0.29) is 17.3 Å². The Labute approximate surface area is 125 Å². The topological polar surface area (TPSA) is 49.8 Å². The van der Waals surface area contributed by atoms with Crippen LogP contribution in [0.1, 0.15) is 43.0 Å². The van der Waals surface area contributed by atoms with Crippen molar-refractivity contribution in [3.8, 4) is 5.75 Å². The Balaban J connectivity index is 1.73. The van der Waals surface area contributed by atoms with E-state index in [1.54, 1.807) is 18.2 Å². The van der Waals surface area contributed by atoms with Crippen molar-refractivity contribution < 1.29 is 14.6 Å². The first-order valence-corrected chi connectivity index (χ1v) is 7.84. The molecule has 3 rings (SSSR count). The number of hydrogen-bond acceptors (Lipinski definition) is 3. The molecule has 2 aliphatic heterocycles. The first kappa shape index (κ1) is 14.4. The Kier molecular flexibility index (Phi) is 3.89. The minimum absolute atomic E-state index is 0.00600. The van der Waals surface area contributed by atoms with Crippen molar-refractivity contribution in [3.05, 3.63) is 29.8 Å². The molecule has 1 spiro atoms. The molecule has 4 nitrogen and oxygen atoms in total. The van der Waals surface area contributed by atoms with E-state index in [1.807, 2.05) is 4.90 Å². The number of likely N-dealkylation sites (tertiary alicyclic amines) is 1. The molecule has 0 unspecified atom stereocenters. The van der Waals surface area contributed by atoms with E-state index in [4.69, 9.17) is 4.74 Å². The number of aromatic hydroxyl groups is 1. The van der Waals surface area contributed by atoms with Crippen LogP contribution in [0.25, 0.3) is 0 Å². The summed E-state index contributed by atoms with van der Waals surface area (Å²) < 4.78 is 6.08. The molecule has 0 bridgehead atoms. The van der Waals surface area contributed by atoms with Gasteiger partial charge in [0.05, 0.1) is 12.2 Å². The maximum Gasteiger partial charge on any atom is 0.254 e. The summed E-state index contributed by atoms with van der Waals surface area (Å²) in [4.78, 5) is 14.5. The molecule has 1 aromatic rings. The lowest BCUT2D eigenvalue weighted by atomic mass is 9.85. The second-order valence-corrected chi connectivity index (χ2v) is 6.35. The number of phenols is 1. The third-order valence-electron chi connectivity index (χ3n) is 4.78. The first-order valence-electron chi connectivity index (χ1n) is 7.84. The Bertz CT molecular complexity index is 531. The summed E-state index contributed by atoms with van der Waals surface area (Å²) >= 11 is 0. The molecule has 2 atom stereocenters. The fourth-order valence-corrected chi connectivity index (χ4v) is 3.58. The Morgan fingerprint density at radius 1 is 1.52 bits per heavy atom. The summed E-state index contributed by atoms with van der Waals surface area (Å²) in [5.74, 6) is 0.755. The van der Waals surface area contributed by atoms with Gasteiger partial charge in [0.25, 0.3) is 5.91 Å². The second-order valence-electron chi connectivity index (χ2n) is 6.35. The van der Waals surface area contributed by atoms with Crippen LogP contribution in [-0.4, -0.2) is 41.2 Å². The molecule has 2 saturated heterocycles. The van der Waals surface area contributed by atoms with Gasteiger partial charge in [-0.05, 0) is 43.4 Å². The van der Waals surface area contributed by atoms with Crippen LogP contribution in [0.2, 0.25) is 0 Å². The fourth-order valence-electron chi connectivity index (χ4n) is 3.58. The Morgan fingerprint density at radius 3 is 3.10 bits per heavy atom. The molecule has 21 heavy (non-hydrogen) atoms. The molecular formula is C17H23NO3. The van der Waals surface area contributed by atoms with Gasteiger partial charge in [0.2, 0.25) is 0 Å². The number of ether oxygens (including phenoxy) is 1. The van der Waals surface area contributed by atoms with Crippen molar-refractivity contribution in [1.82, 2.24) is 4.90 Å². The van der Waals surface area contributed by atoms with Crippen molar-refractivity contribution in [3.63, 3.8) is 0 Å². The van der Waals surface area contributed by atoms with Crippen molar-refractivity contribution in [2.24, 2.45) is 5.92 Å². The van der Waals surface area contributed by atoms with Gasteiger partial charge in [-0.2, -0.15) is 0 Å². The number of phenolic OH excluding ortho intramolecular Hbond substituents is 1. The number of rotatable bonds is 2. The molecule has 0 aromatic heterocycles. The normalized spacial score (nSPS) is 29.0. The highest BCUT2D eigenvalue weighted by Gasteiger charge is 2.43. The average Bonchev–Trinajstić information content (AvgIpc) is 2.89. The molecule has 1 amide bonds. The highest BCUT2D eigenvalue weighted by molar-refractivity contribution is 5.94. The van der Waals surface area contributed by atoms with Crippen molar-refractivity contribution in [2.45, 2.75) is 38.2 Å². The van der Waals surface area contributed by atoms with Gasteiger partial charge in [-0.25, -0.2) is 0 Å². The van der Waals surface area contributed by atoms with Gasteiger partial charge in [0.1, 0.15) is 5.75 Å². The van der Waals surface area contributed by atoms with Crippen molar-refractivity contribution in [2.75, 3.05) is 19.7 Å². The lowest BCUT2D eigenvalue weighted by molar-refractivity contribution is -0.0449. The predicted molar refractivity (Wildman–Crippen MR) is 80.3 cm³/mol. The van der Waals surface area contributed by atoms with Gasteiger partial charge in [0, 0.05) is 18.7 Å². The summed E-state index contributed by atoms with van der Waals surface area (Å²) in [6.07, 6.45) is 4.24. The maximum atomic E-state index is 12.6. The van der Waals surface area contributed by atoms with E-state index < -0.39 is 0 Å². The van der Waals surface area contributed by atoms with Gasteiger partial charge in [-0.1, -0.05) is 19.4 Å². The minimum Gasteiger partial charge on any atom is -0.508 e. The Morgan fingerprint density at radius 2 is 2.38 bits per heavy atom. The van der Waals surface area contributed by atoms with Gasteiger partial charge < -0.3 is 14.7 Å². The lowest BCUT2D eigenvalue weighted by Crippen LogP contribution is -2.50. The zero-order chi connectivity index (χ0) is 14.9. The third kappa shape index (κ3) is 2.91. The van der Waals surface area contributed by atoms with Crippen molar-refractivity contribution in [1.29, 1.82) is 0 Å². The molecule has 1 aromatic carbocycles. The molecule has 0 saturated carbocycles. The van der Waals surface area contributed by atoms with E-state index in [1.165, 1.54) is 6.07 Å². The SMILES string of the molecule is CC[C@@H]1CO[C@]2(CCCN(C(=O)c3cccc(O)c3)C2)C1. The first-order chi connectivity index (χ1) is 10.1. The molecular weight excluding hydrogens is 266 g/mol. The van der Waals surface area contributed by atoms with Crippen LogP contribution in [-0.2, 0) is 4.74 Å². The van der Waals surface area contributed by atoms with E-state index in [9.17, 15) is 9.90 Å². The highest BCUT2D eigenvalue weighted by atomic mass is 16.5. The van der Waals surface area contributed by atoms with Gasteiger partial charge in [-0.15, -0.1) is 0 Å². The maximum absolute atomic E-state index is 12.6. The number of carbonyl (C=O) groups is 1. The standard InChI is InChI=1S/C17H23NO3/c1-2-13-10-17(21-11-13)7-4-8-18(12-17)16(20)14-5-3-6-15(19)9-14/h3,5-6,9,13,19H,2,4,7-8,10-12H2,1H3/t13-,17+/m0/s1. The van der Waals surface area contributed by atoms with Crippen LogP contribution in [0.5, 0.6) is 5.75 Å². The van der Waals surface area contributed by atoms with Crippen LogP contribution >= 0.6 is 0 Å². The van der Waals surface area contributed by atoms with E-state index >= 15 is 0 Å². The number of nitrogens with zero attached hydrogens (tertiary/aromatic N) is 1. The summed E-state index contributed by atoms with van der Waals surface area (Å²) in [5.41, 5.74) is 0.419. The van der Waals surface area contributed by atoms with Gasteiger partial charge in [-0.3, -0.25) is 4.79 Å². The number of benzene rings is 1. The highest BCUT2D eigenvalue weighted by Crippen LogP contribution is 2.38. The summed E-state index contributed by atoms with van der Waals surface area (Å²) in [6, 6.07) is 6.59. The van der Waals surface area contributed by atoms with E-state index in [0.29, 0.717) is 18.0 Å². The molecule has 2 fully saturated rings. The fraction of sp³-hybridized carbons (Fsp3) is 0.588. The van der Waals surface area contributed by atoms with Crippen LogP contribution < -0.4 is 0 Å². The quantitative estimate of drug-likeness (QED) is 0.911. The number of carbonyl (C=O) groups excluding carboxylic acids is 1. The average molecular weight is 289 g/mol. The minimum atomic E-state index is -0.134. The molecule has 2 heterocycles. The number of piperidine rings is 1. The number of amides is 1. The third-order valence-corrected chi connectivity index (χ3v) is 4.78. The number of hydrogen-bond donors (Lipinski definition) is 1. The van der Waals surface area contributed by atoms with E-state index in [0.717, 1.165) is 38.8 Å². The Hall–Kier alpha value is -1.55. The van der Waals surface area contributed by atoms with E-state index in [2.05, 4.69) is 6.92 Å². The van der Waals surface area contributed by atoms with Crippen molar-refractivity contribution >= 4 is 5.91 Å². The smallest absolute Gasteiger partial charge is 0.254 e. The summed E-state index contributed by atoms with van der Waals surface area (Å²) in [6.45, 7) is 4.48. The largest absolute Gasteiger partial charge is 0.508 e. The van der Waals surface area contributed by atoms with Gasteiger partial charge >= 0.3 is 0 Å². The molecule has 1 N–H and O–H groups in total. The zero-order valence-corrected chi connectivity index (χ0v) is 12.5. The molecule has 114 valence electrons. The van der Waals surface area contributed by atoms with Crippen LogP contribution in [0.4, 0.5) is 0 Å². The predicted octanol–water partition coefficient (Wildman–Crippen LogP) is 2.81. The molecule has 0 radical (unpaired) electrons.